The number of amides is 2. The lowest BCUT2D eigenvalue weighted by Gasteiger charge is -2.11. The summed E-state index contributed by atoms with van der Waals surface area (Å²) in [4.78, 5) is 20.6. The summed E-state index contributed by atoms with van der Waals surface area (Å²) in [6.45, 7) is 0. The van der Waals surface area contributed by atoms with E-state index in [1.165, 1.54) is 0 Å². The molecule has 2 N–H and O–H groups in total. The van der Waals surface area contributed by atoms with E-state index in [0.29, 0.717) is 9.44 Å². The van der Waals surface area contributed by atoms with Gasteiger partial charge in [-0.25, -0.2) is 17.9 Å². The van der Waals surface area contributed by atoms with Crippen molar-refractivity contribution in [2.45, 2.75) is 5.92 Å². The minimum atomic E-state index is -4.89. The van der Waals surface area contributed by atoms with Crippen LogP contribution in [0.3, 0.4) is 0 Å². The van der Waals surface area contributed by atoms with Gasteiger partial charge in [-0.15, -0.1) is 7.77 Å². The highest BCUT2D eigenvalue weighted by molar-refractivity contribution is 7.78. The van der Waals surface area contributed by atoms with Crippen molar-refractivity contribution in [2.75, 3.05) is 0 Å². The Morgan fingerprint density at radius 3 is 1.40 bits per heavy atom. The Morgan fingerprint density at radius 2 is 1.20 bits per heavy atom. The fourth-order valence-corrected chi connectivity index (χ4v) is 0.925. The van der Waals surface area contributed by atoms with Crippen LogP contribution in [0.5, 0.6) is 0 Å². The van der Waals surface area contributed by atoms with Gasteiger partial charge in [-0.2, -0.15) is 8.78 Å². The minimum absolute atomic E-state index is 0.572. The molecule has 2 amide bonds. The van der Waals surface area contributed by atoms with Gasteiger partial charge in [0, 0.05) is 0 Å². The van der Waals surface area contributed by atoms with Crippen LogP contribution in [0.1, 0.15) is 0 Å². The molecular formula is C3H2F4N2O4S2. The first-order valence-electron chi connectivity index (χ1n) is 2.84. The third-order valence-corrected chi connectivity index (χ3v) is 1.61. The second kappa shape index (κ2) is 5.16. The van der Waals surface area contributed by atoms with Crippen LogP contribution >= 0.6 is 0 Å². The molecule has 0 saturated heterocycles. The number of nitrogens with one attached hydrogen (secondary N) is 2. The molecule has 0 aliphatic rings. The number of alkyl halides is 2. The molecule has 0 bridgehead atoms. The average molecular weight is 270 g/mol. The van der Waals surface area contributed by atoms with Crippen molar-refractivity contribution in [3.8, 4) is 0 Å². The van der Waals surface area contributed by atoms with Crippen molar-refractivity contribution in [3.63, 3.8) is 0 Å². The van der Waals surface area contributed by atoms with Gasteiger partial charge >= 0.3 is 40.5 Å². The predicted octanol–water partition coefficient (Wildman–Crippen LogP) is -1.05. The Kier molecular flexibility index (Phi) is 4.80. The van der Waals surface area contributed by atoms with Gasteiger partial charge in [0.25, 0.3) is 0 Å². The SMILES string of the molecule is O=C(NS(=O)F)C(F)(F)C(=O)NS(=O)F. The van der Waals surface area contributed by atoms with Crippen LogP contribution in [0.2, 0.25) is 0 Å². The summed E-state index contributed by atoms with van der Waals surface area (Å²) in [6, 6.07) is 0. The van der Waals surface area contributed by atoms with E-state index in [1.54, 1.807) is 0 Å². The Balaban J connectivity index is 4.65. The van der Waals surface area contributed by atoms with E-state index >= 15 is 0 Å². The second-order valence-corrected chi connectivity index (χ2v) is 3.19. The lowest BCUT2D eigenvalue weighted by atomic mass is 10.3. The number of rotatable bonds is 4. The zero-order chi connectivity index (χ0) is 12.2. The summed E-state index contributed by atoms with van der Waals surface area (Å²) in [5.41, 5.74) is 0. The van der Waals surface area contributed by atoms with Crippen molar-refractivity contribution >= 4 is 34.6 Å². The van der Waals surface area contributed by atoms with Crippen LogP contribution in [0.25, 0.3) is 0 Å². The van der Waals surface area contributed by atoms with Crippen molar-refractivity contribution in [3.05, 3.63) is 0 Å². The van der Waals surface area contributed by atoms with Gasteiger partial charge in [0.15, 0.2) is 0 Å². The molecule has 0 aromatic heterocycles. The van der Waals surface area contributed by atoms with E-state index in [0.717, 1.165) is 0 Å². The van der Waals surface area contributed by atoms with Gasteiger partial charge in [0.2, 0.25) is 0 Å². The van der Waals surface area contributed by atoms with Crippen molar-refractivity contribution in [1.29, 1.82) is 0 Å². The Morgan fingerprint density at radius 1 is 0.933 bits per heavy atom. The number of hydrogen-bond donors (Lipinski definition) is 2. The Hall–Kier alpha value is -1.04. The summed E-state index contributed by atoms with van der Waals surface area (Å²) in [6.07, 6.45) is 0. The molecule has 6 nitrogen and oxygen atoms in total. The van der Waals surface area contributed by atoms with Crippen LogP contribution < -0.4 is 9.44 Å². The lowest BCUT2D eigenvalue weighted by Crippen LogP contribution is -2.51. The van der Waals surface area contributed by atoms with Crippen LogP contribution in [0.15, 0.2) is 0 Å². The molecule has 0 heterocycles. The van der Waals surface area contributed by atoms with E-state index in [-0.39, 0.29) is 0 Å². The molecule has 0 aromatic rings. The topological polar surface area (TPSA) is 92.3 Å². The fourth-order valence-electron chi connectivity index (χ4n) is 0.377. The summed E-state index contributed by atoms with van der Waals surface area (Å²) in [5.74, 6) is -9.98. The van der Waals surface area contributed by atoms with Crippen LogP contribution in [0.4, 0.5) is 16.6 Å². The first-order chi connectivity index (χ1) is 6.67. The van der Waals surface area contributed by atoms with Gasteiger partial charge in [-0.05, 0) is 0 Å². The minimum Gasteiger partial charge on any atom is -0.266 e. The van der Waals surface area contributed by atoms with Crippen molar-refractivity contribution < 1.29 is 34.6 Å². The third kappa shape index (κ3) is 4.33. The van der Waals surface area contributed by atoms with Gasteiger partial charge in [0.05, 0.1) is 0 Å². The number of carbonyl (C=O) groups excluding carboxylic acids is 2. The summed E-state index contributed by atoms with van der Waals surface area (Å²) in [7, 11) is 0. The van der Waals surface area contributed by atoms with E-state index < -0.39 is 40.5 Å². The maximum absolute atomic E-state index is 12.5. The van der Waals surface area contributed by atoms with Crippen molar-refractivity contribution in [1.82, 2.24) is 9.44 Å². The summed E-state index contributed by atoms with van der Waals surface area (Å²) in [5, 5.41) is 0. The molecule has 2 atom stereocenters. The highest BCUT2D eigenvalue weighted by atomic mass is 32.2. The van der Waals surface area contributed by atoms with E-state index in [2.05, 4.69) is 0 Å². The molecule has 15 heavy (non-hydrogen) atoms. The van der Waals surface area contributed by atoms with Crippen LogP contribution in [-0.4, -0.2) is 26.2 Å². The number of halogens is 4. The molecule has 12 heteroatoms. The van der Waals surface area contributed by atoms with Gasteiger partial charge in [-0.3, -0.25) is 9.59 Å². The molecule has 0 fully saturated rings. The Bertz CT molecular complexity index is 304. The fraction of sp³-hybridized carbons (Fsp3) is 0.333. The highest BCUT2D eigenvalue weighted by Gasteiger charge is 2.49. The van der Waals surface area contributed by atoms with Crippen LogP contribution in [-0.2, 0) is 32.3 Å². The summed E-state index contributed by atoms with van der Waals surface area (Å²) < 4.78 is 68.6. The third-order valence-electron chi connectivity index (χ3n) is 0.916. The highest BCUT2D eigenvalue weighted by Crippen LogP contribution is 2.14. The largest absolute Gasteiger partial charge is 0.402 e. The lowest BCUT2D eigenvalue weighted by molar-refractivity contribution is -0.157. The molecule has 0 aromatic carbocycles. The first-order valence-corrected chi connectivity index (χ1v) is 4.94. The monoisotopic (exact) mass is 270 g/mol. The van der Waals surface area contributed by atoms with Gasteiger partial charge in [-0.1, -0.05) is 0 Å². The molecule has 0 saturated carbocycles. The molecule has 88 valence electrons. The first kappa shape index (κ1) is 14.0. The predicted molar refractivity (Wildman–Crippen MR) is 39.7 cm³/mol. The van der Waals surface area contributed by atoms with Gasteiger partial charge in [0.1, 0.15) is 0 Å². The average Bonchev–Trinajstić information content (AvgIpc) is 2.01. The standard InChI is InChI=1S/C3H2F4N2O4S2/c4-3(5,1(10)8-14(6)12)2(11)9-15(7)13/h(H,8,10)(H,9,11). The van der Waals surface area contributed by atoms with E-state index in [9.17, 15) is 34.6 Å². The van der Waals surface area contributed by atoms with E-state index in [4.69, 9.17) is 0 Å². The molecular weight excluding hydrogens is 268 g/mol. The number of carbonyl (C=O) groups is 2. The molecule has 0 radical (unpaired) electrons. The molecule has 0 aliphatic carbocycles. The second-order valence-electron chi connectivity index (χ2n) is 1.88. The van der Waals surface area contributed by atoms with Crippen LogP contribution in [0, 0.1) is 0 Å². The zero-order valence-corrected chi connectivity index (χ0v) is 8.09. The van der Waals surface area contributed by atoms with Gasteiger partial charge < -0.3 is 0 Å². The normalized spacial score (nSPS) is 15.2. The molecule has 0 spiro atoms. The molecule has 0 rings (SSSR count). The summed E-state index contributed by atoms with van der Waals surface area (Å²) >= 11 is -7.20. The maximum atomic E-state index is 12.5. The Labute approximate surface area is 85.2 Å². The number of hydrogen-bond acceptors (Lipinski definition) is 4. The smallest absolute Gasteiger partial charge is 0.266 e. The molecule has 0 aliphatic heterocycles. The molecule has 2 unspecified atom stereocenters. The van der Waals surface area contributed by atoms with E-state index in [1.807, 2.05) is 0 Å². The maximum Gasteiger partial charge on any atom is 0.402 e. The quantitative estimate of drug-likeness (QED) is 0.387. The zero-order valence-electron chi connectivity index (χ0n) is 6.46. The van der Waals surface area contributed by atoms with Crippen molar-refractivity contribution in [2.24, 2.45) is 0 Å².